The third kappa shape index (κ3) is 4.74. The van der Waals surface area contributed by atoms with Gasteiger partial charge in [-0.2, -0.15) is 0 Å². The Labute approximate surface area is 110 Å². The van der Waals surface area contributed by atoms with Gasteiger partial charge in [-0.25, -0.2) is 9.59 Å². The summed E-state index contributed by atoms with van der Waals surface area (Å²) < 4.78 is 5.45. The van der Waals surface area contributed by atoms with E-state index < -0.39 is 30.4 Å². The summed E-state index contributed by atoms with van der Waals surface area (Å²) in [7, 11) is 0. The number of ether oxygens (including phenoxy) is 1. The molecule has 1 aliphatic heterocycles. The highest BCUT2D eigenvalue weighted by Gasteiger charge is 2.29. The second-order valence-electron chi connectivity index (χ2n) is 4.60. The number of aliphatic carboxylic acids is 2. The standard InChI is InChI=1S/C11H18N2O6/c1-6-4-13(5-7(2)19-6)11(18)12-8(10(16)17)3-9(14)15/h6-8H,3-5H2,1-2H3,(H,12,18)(H,14,15)(H,16,17). The van der Waals surface area contributed by atoms with E-state index >= 15 is 0 Å². The fraction of sp³-hybridized carbons (Fsp3) is 0.727. The van der Waals surface area contributed by atoms with Crippen molar-refractivity contribution >= 4 is 18.0 Å². The summed E-state index contributed by atoms with van der Waals surface area (Å²) in [5.74, 6) is -2.65. The fourth-order valence-corrected chi connectivity index (χ4v) is 1.96. The summed E-state index contributed by atoms with van der Waals surface area (Å²) in [6.45, 7) is 4.30. The molecule has 1 rings (SSSR count). The van der Waals surface area contributed by atoms with Gasteiger partial charge in [-0.15, -0.1) is 0 Å². The molecule has 0 bridgehead atoms. The molecule has 0 aliphatic carbocycles. The maximum absolute atomic E-state index is 11.9. The van der Waals surface area contributed by atoms with Crippen molar-refractivity contribution in [1.82, 2.24) is 10.2 Å². The molecule has 8 heteroatoms. The van der Waals surface area contributed by atoms with E-state index in [0.29, 0.717) is 13.1 Å². The van der Waals surface area contributed by atoms with Crippen LogP contribution in [0.25, 0.3) is 0 Å². The molecule has 1 heterocycles. The number of carbonyl (C=O) groups excluding carboxylic acids is 1. The quantitative estimate of drug-likeness (QED) is 0.650. The van der Waals surface area contributed by atoms with Crippen LogP contribution >= 0.6 is 0 Å². The molecule has 1 saturated heterocycles. The summed E-state index contributed by atoms with van der Waals surface area (Å²) in [5, 5.41) is 19.7. The SMILES string of the molecule is CC1CN(C(=O)NC(CC(=O)O)C(=O)O)CC(C)O1. The number of carboxylic acids is 2. The van der Waals surface area contributed by atoms with Crippen molar-refractivity contribution in [2.75, 3.05) is 13.1 Å². The Hall–Kier alpha value is -1.83. The Balaban J connectivity index is 2.61. The zero-order valence-corrected chi connectivity index (χ0v) is 10.8. The third-order valence-corrected chi connectivity index (χ3v) is 2.68. The Morgan fingerprint density at radius 3 is 2.21 bits per heavy atom. The number of nitrogens with zero attached hydrogens (tertiary/aromatic N) is 1. The van der Waals surface area contributed by atoms with Crippen molar-refractivity contribution in [3.63, 3.8) is 0 Å². The van der Waals surface area contributed by atoms with Crippen LogP contribution in [0.1, 0.15) is 20.3 Å². The minimum absolute atomic E-state index is 0.141. The Morgan fingerprint density at radius 1 is 1.26 bits per heavy atom. The number of urea groups is 1. The van der Waals surface area contributed by atoms with E-state index in [2.05, 4.69) is 5.32 Å². The average molecular weight is 274 g/mol. The van der Waals surface area contributed by atoms with Gasteiger partial charge in [-0.1, -0.05) is 0 Å². The highest BCUT2D eigenvalue weighted by molar-refractivity contribution is 5.86. The zero-order chi connectivity index (χ0) is 14.6. The molecule has 3 unspecified atom stereocenters. The molecule has 0 aromatic rings. The van der Waals surface area contributed by atoms with Gasteiger partial charge in [-0.05, 0) is 13.8 Å². The number of hydrogen-bond acceptors (Lipinski definition) is 4. The van der Waals surface area contributed by atoms with E-state index in [9.17, 15) is 14.4 Å². The first-order valence-electron chi connectivity index (χ1n) is 5.95. The molecule has 3 atom stereocenters. The fourth-order valence-electron chi connectivity index (χ4n) is 1.96. The second kappa shape index (κ2) is 6.37. The van der Waals surface area contributed by atoms with E-state index in [1.165, 1.54) is 4.90 Å². The predicted molar refractivity (Wildman–Crippen MR) is 63.8 cm³/mol. The molecule has 1 fully saturated rings. The van der Waals surface area contributed by atoms with Crippen LogP contribution in [0, 0.1) is 0 Å². The maximum Gasteiger partial charge on any atom is 0.326 e. The molecule has 0 aromatic carbocycles. The summed E-state index contributed by atoms with van der Waals surface area (Å²) in [5.41, 5.74) is 0. The lowest BCUT2D eigenvalue weighted by Gasteiger charge is -2.35. The lowest BCUT2D eigenvalue weighted by Crippen LogP contribution is -2.55. The Bertz CT molecular complexity index is 362. The van der Waals surface area contributed by atoms with Gasteiger partial charge in [-0.3, -0.25) is 4.79 Å². The number of carboxylic acid groups (broad SMARTS) is 2. The molecule has 0 spiro atoms. The monoisotopic (exact) mass is 274 g/mol. The van der Waals surface area contributed by atoms with Crippen LogP contribution in [0.3, 0.4) is 0 Å². The number of amides is 2. The lowest BCUT2D eigenvalue weighted by molar-refractivity contribution is -0.145. The van der Waals surface area contributed by atoms with Crippen molar-refractivity contribution in [2.24, 2.45) is 0 Å². The largest absolute Gasteiger partial charge is 0.481 e. The van der Waals surface area contributed by atoms with Gasteiger partial charge in [0.1, 0.15) is 6.04 Å². The smallest absolute Gasteiger partial charge is 0.326 e. The minimum atomic E-state index is -1.43. The van der Waals surface area contributed by atoms with Crippen LogP contribution in [-0.4, -0.2) is 64.4 Å². The molecule has 0 radical (unpaired) electrons. The van der Waals surface area contributed by atoms with Crippen LogP contribution in [0.4, 0.5) is 4.79 Å². The van der Waals surface area contributed by atoms with Crippen molar-refractivity contribution in [3.8, 4) is 0 Å². The van der Waals surface area contributed by atoms with Crippen molar-refractivity contribution < 1.29 is 29.3 Å². The first kappa shape index (κ1) is 15.2. The highest BCUT2D eigenvalue weighted by Crippen LogP contribution is 2.11. The van der Waals surface area contributed by atoms with Gasteiger partial charge in [0, 0.05) is 13.1 Å². The third-order valence-electron chi connectivity index (χ3n) is 2.68. The minimum Gasteiger partial charge on any atom is -0.481 e. The van der Waals surface area contributed by atoms with E-state index in [0.717, 1.165) is 0 Å². The zero-order valence-electron chi connectivity index (χ0n) is 10.8. The van der Waals surface area contributed by atoms with Crippen LogP contribution in [-0.2, 0) is 14.3 Å². The van der Waals surface area contributed by atoms with Crippen LogP contribution in [0.15, 0.2) is 0 Å². The second-order valence-corrected chi connectivity index (χ2v) is 4.60. The number of hydrogen-bond donors (Lipinski definition) is 3. The molecule has 8 nitrogen and oxygen atoms in total. The van der Waals surface area contributed by atoms with Crippen molar-refractivity contribution in [2.45, 2.75) is 38.5 Å². The lowest BCUT2D eigenvalue weighted by atomic mass is 10.2. The molecule has 19 heavy (non-hydrogen) atoms. The predicted octanol–water partition coefficient (Wildman–Crippen LogP) is -0.267. The molecule has 3 N–H and O–H groups in total. The molecular weight excluding hydrogens is 256 g/mol. The van der Waals surface area contributed by atoms with Crippen LogP contribution in [0.2, 0.25) is 0 Å². The van der Waals surface area contributed by atoms with Gasteiger partial charge in [0.2, 0.25) is 0 Å². The van der Waals surface area contributed by atoms with E-state index in [4.69, 9.17) is 14.9 Å². The molecular formula is C11H18N2O6. The van der Waals surface area contributed by atoms with E-state index in [1.807, 2.05) is 13.8 Å². The van der Waals surface area contributed by atoms with Crippen LogP contribution < -0.4 is 5.32 Å². The maximum atomic E-state index is 11.9. The normalized spacial score (nSPS) is 24.6. The first-order valence-corrected chi connectivity index (χ1v) is 5.95. The van der Waals surface area contributed by atoms with Crippen molar-refractivity contribution in [1.29, 1.82) is 0 Å². The summed E-state index contributed by atoms with van der Waals surface area (Å²) in [4.78, 5) is 34.7. The van der Waals surface area contributed by atoms with Gasteiger partial charge in [0.05, 0.1) is 18.6 Å². The van der Waals surface area contributed by atoms with Gasteiger partial charge in [0.25, 0.3) is 0 Å². The number of rotatable bonds is 4. The molecule has 0 aromatic heterocycles. The highest BCUT2D eigenvalue weighted by atomic mass is 16.5. The van der Waals surface area contributed by atoms with Gasteiger partial charge < -0.3 is 25.2 Å². The molecule has 2 amide bonds. The van der Waals surface area contributed by atoms with Crippen molar-refractivity contribution in [3.05, 3.63) is 0 Å². The average Bonchev–Trinajstić information content (AvgIpc) is 2.25. The van der Waals surface area contributed by atoms with Gasteiger partial charge >= 0.3 is 18.0 Å². The molecule has 1 aliphatic rings. The van der Waals surface area contributed by atoms with Gasteiger partial charge in [0.15, 0.2) is 0 Å². The first-order chi connectivity index (χ1) is 8.79. The van der Waals surface area contributed by atoms with E-state index in [-0.39, 0.29) is 12.2 Å². The Morgan fingerprint density at radius 2 is 1.79 bits per heavy atom. The summed E-state index contributed by atoms with van der Waals surface area (Å²) in [6.07, 6.45) is -0.939. The Kier molecular flexibility index (Phi) is 5.11. The molecule has 0 saturated carbocycles. The number of morpholine rings is 1. The summed E-state index contributed by atoms with van der Waals surface area (Å²) in [6, 6.07) is -2.02. The van der Waals surface area contributed by atoms with E-state index in [1.54, 1.807) is 0 Å². The summed E-state index contributed by atoms with van der Waals surface area (Å²) >= 11 is 0. The number of nitrogens with one attached hydrogen (secondary N) is 1. The topological polar surface area (TPSA) is 116 Å². The van der Waals surface area contributed by atoms with Crippen LogP contribution in [0.5, 0.6) is 0 Å². The number of carbonyl (C=O) groups is 3. The molecule has 108 valence electrons.